The van der Waals surface area contributed by atoms with E-state index in [2.05, 4.69) is 17.2 Å². The van der Waals surface area contributed by atoms with E-state index in [4.69, 9.17) is 5.11 Å². The van der Waals surface area contributed by atoms with E-state index in [1.807, 2.05) is 4.90 Å². The predicted octanol–water partition coefficient (Wildman–Crippen LogP) is 3.09. The zero-order valence-corrected chi connectivity index (χ0v) is 16.8. The van der Waals surface area contributed by atoms with Gasteiger partial charge in [0, 0.05) is 42.7 Å². The quantitative estimate of drug-likeness (QED) is 0.656. The number of aromatic nitrogens is 1. The molecule has 8 heteroatoms. The maximum atomic E-state index is 12.2. The van der Waals surface area contributed by atoms with Crippen molar-refractivity contribution in [3.05, 3.63) is 11.1 Å². The van der Waals surface area contributed by atoms with Crippen LogP contribution >= 0.6 is 23.1 Å². The predicted molar refractivity (Wildman–Crippen MR) is 104 cm³/mol. The number of amides is 1. The number of thiazole rings is 1. The minimum Gasteiger partial charge on any atom is -0.476 e. The minimum atomic E-state index is -0.994. The molecule has 3 atom stereocenters. The minimum absolute atomic E-state index is 0.0959. The molecule has 1 aromatic heterocycles. The Morgan fingerprint density at radius 2 is 2.31 bits per heavy atom. The van der Waals surface area contributed by atoms with E-state index in [1.54, 1.807) is 5.38 Å². The van der Waals surface area contributed by atoms with Crippen LogP contribution in [0.5, 0.6) is 0 Å². The average Bonchev–Trinajstić information content (AvgIpc) is 3.21. The van der Waals surface area contributed by atoms with Crippen LogP contribution in [0.15, 0.2) is 9.72 Å². The lowest BCUT2D eigenvalue weighted by Crippen LogP contribution is -2.45. The summed E-state index contributed by atoms with van der Waals surface area (Å²) in [6, 6.07) is 0.877. The number of hydrogen-bond donors (Lipinski definition) is 2. The largest absolute Gasteiger partial charge is 0.476 e. The normalized spacial score (nSPS) is 26.4. The van der Waals surface area contributed by atoms with E-state index in [1.165, 1.54) is 48.8 Å². The van der Waals surface area contributed by atoms with Crippen LogP contribution in [0.2, 0.25) is 0 Å². The molecule has 3 rings (SSSR count). The van der Waals surface area contributed by atoms with Gasteiger partial charge in [-0.25, -0.2) is 9.78 Å². The van der Waals surface area contributed by atoms with Crippen molar-refractivity contribution >= 4 is 35.0 Å². The maximum absolute atomic E-state index is 12.2. The van der Waals surface area contributed by atoms with Gasteiger partial charge in [0.2, 0.25) is 5.91 Å². The van der Waals surface area contributed by atoms with Crippen LogP contribution in [-0.4, -0.2) is 57.8 Å². The number of rotatable bonds is 8. The number of carboxylic acids is 1. The van der Waals surface area contributed by atoms with Crippen molar-refractivity contribution in [2.45, 2.75) is 61.9 Å². The maximum Gasteiger partial charge on any atom is 0.355 e. The number of carbonyl (C=O) groups excluding carboxylic acids is 1. The van der Waals surface area contributed by atoms with Gasteiger partial charge < -0.3 is 15.3 Å². The summed E-state index contributed by atoms with van der Waals surface area (Å²) in [6.45, 7) is 3.90. The molecular weight excluding hydrogens is 370 g/mol. The summed E-state index contributed by atoms with van der Waals surface area (Å²) in [5.74, 6) is 0.786. The number of carbonyl (C=O) groups is 2. The third-order valence-corrected chi connectivity index (χ3v) is 7.29. The molecule has 2 heterocycles. The molecule has 1 saturated heterocycles. The fourth-order valence-electron chi connectivity index (χ4n) is 3.89. The second kappa shape index (κ2) is 9.19. The Balaban J connectivity index is 1.44. The summed E-state index contributed by atoms with van der Waals surface area (Å²) in [6.07, 6.45) is 6.69. The smallest absolute Gasteiger partial charge is 0.355 e. The third kappa shape index (κ3) is 5.20. The van der Waals surface area contributed by atoms with Crippen molar-refractivity contribution in [3.8, 4) is 0 Å². The summed E-state index contributed by atoms with van der Waals surface area (Å²) in [4.78, 5) is 29.2. The first-order chi connectivity index (χ1) is 12.5. The Kier molecular flexibility index (Phi) is 6.94. The fraction of sp³-hybridized carbons (Fsp3) is 0.722. The first kappa shape index (κ1) is 19.6. The Morgan fingerprint density at radius 3 is 3.04 bits per heavy atom. The van der Waals surface area contributed by atoms with Crippen molar-refractivity contribution in [1.82, 2.24) is 15.2 Å². The lowest BCUT2D eigenvalue weighted by molar-refractivity contribution is -0.128. The van der Waals surface area contributed by atoms with Gasteiger partial charge >= 0.3 is 5.97 Å². The highest BCUT2D eigenvalue weighted by Crippen LogP contribution is 2.26. The van der Waals surface area contributed by atoms with Gasteiger partial charge in [-0.3, -0.25) is 4.79 Å². The molecule has 6 nitrogen and oxygen atoms in total. The van der Waals surface area contributed by atoms with Crippen molar-refractivity contribution in [3.63, 3.8) is 0 Å². The van der Waals surface area contributed by atoms with Gasteiger partial charge in [-0.05, 0) is 25.2 Å². The highest BCUT2D eigenvalue weighted by atomic mass is 32.2. The molecule has 1 amide bonds. The van der Waals surface area contributed by atoms with Crippen LogP contribution in [0.4, 0.5) is 0 Å². The molecule has 2 unspecified atom stereocenters. The molecule has 0 spiro atoms. The van der Waals surface area contributed by atoms with Crippen LogP contribution in [0.25, 0.3) is 0 Å². The molecule has 2 aliphatic rings. The van der Waals surface area contributed by atoms with E-state index >= 15 is 0 Å². The lowest BCUT2D eigenvalue weighted by atomic mass is 9.87. The molecule has 1 saturated carbocycles. The second-order valence-corrected chi connectivity index (χ2v) is 9.51. The number of hydrogen-bond acceptors (Lipinski definition) is 6. The molecule has 1 aromatic rings. The summed E-state index contributed by atoms with van der Waals surface area (Å²) in [5, 5.41) is 14.2. The summed E-state index contributed by atoms with van der Waals surface area (Å²) in [5.41, 5.74) is 0.0959. The van der Waals surface area contributed by atoms with Crippen molar-refractivity contribution < 1.29 is 14.7 Å². The van der Waals surface area contributed by atoms with Crippen LogP contribution < -0.4 is 5.32 Å². The van der Waals surface area contributed by atoms with Crippen LogP contribution in [0, 0.1) is 5.92 Å². The zero-order chi connectivity index (χ0) is 18.5. The van der Waals surface area contributed by atoms with Crippen molar-refractivity contribution in [2.24, 2.45) is 5.92 Å². The van der Waals surface area contributed by atoms with Gasteiger partial charge in [0.05, 0.1) is 0 Å². The first-order valence-corrected chi connectivity index (χ1v) is 11.2. The Hall–Kier alpha value is -1.12. The van der Waals surface area contributed by atoms with Crippen molar-refractivity contribution in [1.29, 1.82) is 0 Å². The number of carboxylic acid groups (broad SMARTS) is 1. The van der Waals surface area contributed by atoms with E-state index < -0.39 is 5.97 Å². The Morgan fingerprint density at radius 1 is 1.46 bits per heavy atom. The number of thioether (sulfide) groups is 1. The highest BCUT2D eigenvalue weighted by molar-refractivity contribution is 8.01. The number of aromatic carboxylic acids is 1. The number of nitrogens with zero attached hydrogens (tertiary/aromatic N) is 2. The van der Waals surface area contributed by atoms with Gasteiger partial charge in [0.1, 0.15) is 0 Å². The van der Waals surface area contributed by atoms with E-state index in [9.17, 15) is 9.59 Å². The van der Waals surface area contributed by atoms with Crippen LogP contribution in [0.1, 0.15) is 55.9 Å². The Bertz CT molecular complexity index is 637. The SMILES string of the molecule is CC1CCCC(NC[C@H]2CCC(=O)N2CCSc2nc(C(=O)O)cs2)C1. The summed E-state index contributed by atoms with van der Waals surface area (Å²) in [7, 11) is 0. The molecule has 1 aliphatic heterocycles. The summed E-state index contributed by atoms with van der Waals surface area (Å²) < 4.78 is 0.750. The molecular formula is C18H27N3O3S2. The van der Waals surface area contributed by atoms with Crippen LogP contribution in [-0.2, 0) is 4.79 Å². The third-order valence-electron chi connectivity index (χ3n) is 5.29. The van der Waals surface area contributed by atoms with E-state index in [0.29, 0.717) is 19.0 Å². The Labute approximate surface area is 162 Å². The van der Waals surface area contributed by atoms with Gasteiger partial charge in [0.25, 0.3) is 0 Å². The monoisotopic (exact) mass is 397 g/mol. The topological polar surface area (TPSA) is 82.5 Å². The molecule has 0 bridgehead atoms. The van der Waals surface area contributed by atoms with E-state index in [-0.39, 0.29) is 17.6 Å². The summed E-state index contributed by atoms with van der Waals surface area (Å²) >= 11 is 2.87. The van der Waals surface area contributed by atoms with Gasteiger partial charge in [-0.2, -0.15) is 0 Å². The molecule has 26 heavy (non-hydrogen) atoms. The van der Waals surface area contributed by atoms with Gasteiger partial charge in [-0.15, -0.1) is 11.3 Å². The lowest BCUT2D eigenvalue weighted by Gasteiger charge is -2.31. The first-order valence-electron chi connectivity index (χ1n) is 9.37. The van der Waals surface area contributed by atoms with Gasteiger partial charge in [0.15, 0.2) is 10.0 Å². The molecule has 0 aromatic carbocycles. The fourth-order valence-corrected chi connectivity index (χ4v) is 5.70. The van der Waals surface area contributed by atoms with E-state index in [0.717, 1.165) is 29.0 Å². The zero-order valence-electron chi connectivity index (χ0n) is 15.1. The standard InChI is InChI=1S/C18H27N3O3S2/c1-12-3-2-4-13(9-12)19-10-14-5-6-16(22)21(14)7-8-25-18-20-15(11-26-18)17(23)24/h11-14,19H,2-10H2,1H3,(H,23,24)/t12?,13?,14-/m1/s1. The molecule has 2 fully saturated rings. The molecule has 1 aliphatic carbocycles. The molecule has 144 valence electrons. The second-order valence-electron chi connectivity index (χ2n) is 7.31. The van der Waals surface area contributed by atoms with Crippen molar-refractivity contribution in [2.75, 3.05) is 18.8 Å². The molecule has 0 radical (unpaired) electrons. The molecule has 2 N–H and O–H groups in total. The van der Waals surface area contributed by atoms with Gasteiger partial charge in [-0.1, -0.05) is 31.5 Å². The highest BCUT2D eigenvalue weighted by Gasteiger charge is 2.31. The average molecular weight is 398 g/mol. The number of nitrogens with one attached hydrogen (secondary N) is 1. The van der Waals surface area contributed by atoms with Crippen LogP contribution in [0.3, 0.4) is 0 Å². The number of likely N-dealkylation sites (tertiary alicyclic amines) is 1.